The molecule has 0 amide bonds. The second kappa shape index (κ2) is 1.65. The van der Waals surface area contributed by atoms with Crippen LogP contribution in [0.3, 0.4) is 0 Å². The van der Waals surface area contributed by atoms with Gasteiger partial charge in [-0.05, 0) is 6.42 Å². The van der Waals surface area contributed by atoms with Crippen LogP contribution in [0, 0.1) is 0 Å². The van der Waals surface area contributed by atoms with E-state index in [4.69, 9.17) is 10.5 Å². The van der Waals surface area contributed by atoms with Gasteiger partial charge in [0.1, 0.15) is 0 Å². The Bertz CT molecular complexity index is 66.1. The molecule has 1 aliphatic rings. The molecule has 3 heteroatoms. The lowest BCUT2D eigenvalue weighted by molar-refractivity contribution is 0.0892. The van der Waals surface area contributed by atoms with E-state index < -0.39 is 5.06 Å². The molecule has 1 heterocycles. The van der Waals surface area contributed by atoms with E-state index in [0.29, 0.717) is 0 Å². The van der Waals surface area contributed by atoms with Crippen molar-refractivity contribution in [2.24, 2.45) is 5.73 Å². The second-order valence-electron chi connectivity index (χ2n) is 1.80. The van der Waals surface area contributed by atoms with E-state index in [1.54, 1.807) is 0 Å². The standard InChI is InChI=1S/C4H9NOS/c5-4(7)2-1-3-6-4/h7H,1-3,5H2. The van der Waals surface area contributed by atoms with Gasteiger partial charge < -0.3 is 4.74 Å². The van der Waals surface area contributed by atoms with Gasteiger partial charge in [-0.1, -0.05) is 0 Å². The summed E-state index contributed by atoms with van der Waals surface area (Å²) in [7, 11) is 0. The molecule has 0 aromatic rings. The molecule has 0 radical (unpaired) electrons. The maximum absolute atomic E-state index is 5.42. The SMILES string of the molecule is NC1(S)CCCO1. The summed E-state index contributed by atoms with van der Waals surface area (Å²) >= 11 is 4.00. The van der Waals surface area contributed by atoms with Crippen LogP contribution in [-0.2, 0) is 4.74 Å². The molecule has 0 saturated carbocycles. The summed E-state index contributed by atoms with van der Waals surface area (Å²) in [4.78, 5) is 0. The zero-order valence-corrected chi connectivity index (χ0v) is 4.95. The molecule has 1 unspecified atom stereocenters. The summed E-state index contributed by atoms with van der Waals surface area (Å²) < 4.78 is 4.98. The van der Waals surface area contributed by atoms with Crippen molar-refractivity contribution < 1.29 is 4.74 Å². The maximum Gasteiger partial charge on any atom is 0.161 e. The van der Waals surface area contributed by atoms with Crippen LogP contribution in [0.4, 0.5) is 0 Å². The molecule has 1 rings (SSSR count). The molecular weight excluding hydrogens is 110 g/mol. The van der Waals surface area contributed by atoms with E-state index in [1.807, 2.05) is 0 Å². The Hall–Kier alpha value is 0.270. The average Bonchev–Trinajstić information content (AvgIpc) is 1.84. The lowest BCUT2D eigenvalue weighted by Gasteiger charge is -2.13. The van der Waals surface area contributed by atoms with Gasteiger partial charge in [-0.2, -0.15) is 0 Å². The average molecular weight is 119 g/mol. The van der Waals surface area contributed by atoms with E-state index in [2.05, 4.69) is 12.6 Å². The van der Waals surface area contributed by atoms with E-state index in [0.717, 1.165) is 19.4 Å². The Morgan fingerprint density at radius 1 is 1.71 bits per heavy atom. The summed E-state index contributed by atoms with van der Waals surface area (Å²) in [6, 6.07) is 0. The van der Waals surface area contributed by atoms with Crippen molar-refractivity contribution in [3.63, 3.8) is 0 Å². The van der Waals surface area contributed by atoms with Gasteiger partial charge in [0.2, 0.25) is 0 Å². The lowest BCUT2D eigenvalue weighted by atomic mass is 10.3. The number of rotatable bonds is 0. The van der Waals surface area contributed by atoms with Crippen molar-refractivity contribution in [1.82, 2.24) is 0 Å². The Morgan fingerprint density at radius 2 is 2.43 bits per heavy atom. The topological polar surface area (TPSA) is 35.2 Å². The lowest BCUT2D eigenvalue weighted by Crippen LogP contribution is -2.31. The van der Waals surface area contributed by atoms with Crippen LogP contribution in [0.2, 0.25) is 0 Å². The van der Waals surface area contributed by atoms with E-state index in [9.17, 15) is 0 Å². The predicted molar refractivity (Wildman–Crippen MR) is 31.1 cm³/mol. The van der Waals surface area contributed by atoms with Crippen LogP contribution in [-0.4, -0.2) is 11.7 Å². The fourth-order valence-electron chi connectivity index (χ4n) is 0.647. The first-order valence-electron chi connectivity index (χ1n) is 2.36. The summed E-state index contributed by atoms with van der Waals surface area (Å²) in [5.41, 5.74) is 5.42. The Balaban J connectivity index is 2.40. The molecule has 1 fully saturated rings. The molecule has 0 aromatic carbocycles. The third-order valence-corrected chi connectivity index (χ3v) is 1.38. The minimum atomic E-state index is -0.611. The number of nitrogens with two attached hydrogens (primary N) is 1. The van der Waals surface area contributed by atoms with Crippen molar-refractivity contribution in [3.05, 3.63) is 0 Å². The zero-order valence-electron chi connectivity index (χ0n) is 4.05. The van der Waals surface area contributed by atoms with E-state index >= 15 is 0 Å². The molecule has 1 atom stereocenters. The van der Waals surface area contributed by atoms with Gasteiger partial charge in [-0.15, -0.1) is 12.6 Å². The molecule has 1 saturated heterocycles. The van der Waals surface area contributed by atoms with Gasteiger partial charge in [-0.25, -0.2) is 0 Å². The predicted octanol–water partition coefficient (Wildman–Crippen LogP) is 0.339. The third kappa shape index (κ3) is 1.33. The van der Waals surface area contributed by atoms with Gasteiger partial charge in [0.05, 0.1) is 6.61 Å². The highest BCUT2D eigenvalue weighted by molar-refractivity contribution is 7.81. The van der Waals surface area contributed by atoms with Crippen LogP contribution in [0.15, 0.2) is 0 Å². The molecule has 0 bridgehead atoms. The molecule has 42 valence electrons. The molecule has 0 spiro atoms. The highest BCUT2D eigenvalue weighted by atomic mass is 32.1. The van der Waals surface area contributed by atoms with Crippen LogP contribution in [0.1, 0.15) is 12.8 Å². The van der Waals surface area contributed by atoms with Crippen molar-refractivity contribution >= 4 is 12.6 Å². The van der Waals surface area contributed by atoms with Crippen molar-refractivity contribution in [3.8, 4) is 0 Å². The van der Waals surface area contributed by atoms with Crippen molar-refractivity contribution in [2.75, 3.05) is 6.61 Å². The maximum atomic E-state index is 5.42. The van der Waals surface area contributed by atoms with Gasteiger partial charge in [0, 0.05) is 6.42 Å². The number of hydrogen-bond donors (Lipinski definition) is 2. The molecule has 0 aromatic heterocycles. The first-order valence-corrected chi connectivity index (χ1v) is 2.81. The molecular formula is C4H9NOS. The molecule has 2 N–H and O–H groups in total. The summed E-state index contributed by atoms with van der Waals surface area (Å²) in [6.45, 7) is 0.764. The van der Waals surface area contributed by atoms with Gasteiger partial charge in [0.25, 0.3) is 0 Å². The molecule has 0 aliphatic carbocycles. The summed E-state index contributed by atoms with van der Waals surface area (Å²) in [6.07, 6.45) is 1.91. The van der Waals surface area contributed by atoms with Crippen LogP contribution >= 0.6 is 12.6 Å². The van der Waals surface area contributed by atoms with E-state index in [-0.39, 0.29) is 0 Å². The number of ether oxygens (including phenoxy) is 1. The molecule has 2 nitrogen and oxygen atoms in total. The van der Waals surface area contributed by atoms with Crippen molar-refractivity contribution in [1.29, 1.82) is 0 Å². The summed E-state index contributed by atoms with van der Waals surface area (Å²) in [5, 5.41) is -0.611. The first kappa shape index (κ1) is 5.41. The quantitative estimate of drug-likeness (QED) is 0.356. The van der Waals surface area contributed by atoms with Gasteiger partial charge >= 0.3 is 0 Å². The Labute approximate surface area is 48.4 Å². The van der Waals surface area contributed by atoms with Gasteiger partial charge in [0.15, 0.2) is 5.06 Å². The van der Waals surface area contributed by atoms with Crippen LogP contribution in [0.5, 0.6) is 0 Å². The minimum absolute atomic E-state index is 0.611. The number of thiol groups is 1. The molecule has 7 heavy (non-hydrogen) atoms. The van der Waals surface area contributed by atoms with Crippen LogP contribution in [0.25, 0.3) is 0 Å². The second-order valence-corrected chi connectivity index (χ2v) is 2.55. The highest BCUT2D eigenvalue weighted by Crippen LogP contribution is 2.22. The van der Waals surface area contributed by atoms with Crippen molar-refractivity contribution in [2.45, 2.75) is 17.9 Å². The Kier molecular flexibility index (Phi) is 1.28. The number of hydrogen-bond acceptors (Lipinski definition) is 3. The van der Waals surface area contributed by atoms with Crippen LogP contribution < -0.4 is 5.73 Å². The normalized spacial score (nSPS) is 42.0. The van der Waals surface area contributed by atoms with Gasteiger partial charge in [-0.3, -0.25) is 5.73 Å². The molecule has 1 aliphatic heterocycles. The highest BCUT2D eigenvalue weighted by Gasteiger charge is 2.24. The smallest absolute Gasteiger partial charge is 0.161 e. The minimum Gasteiger partial charge on any atom is -0.352 e. The van der Waals surface area contributed by atoms with E-state index in [1.165, 1.54) is 0 Å². The zero-order chi connectivity index (χ0) is 5.33. The summed E-state index contributed by atoms with van der Waals surface area (Å²) in [5.74, 6) is 0. The largest absolute Gasteiger partial charge is 0.352 e. The first-order chi connectivity index (χ1) is 3.21. The monoisotopic (exact) mass is 119 g/mol. The third-order valence-electron chi connectivity index (χ3n) is 1.03. The Morgan fingerprint density at radius 3 is 2.57 bits per heavy atom. The fraction of sp³-hybridized carbons (Fsp3) is 1.00. The fourth-order valence-corrected chi connectivity index (χ4v) is 0.896.